The second-order valence-corrected chi connectivity index (χ2v) is 9.63. The number of fused-ring (bicyclic) bond motifs is 2. The maximum atomic E-state index is 13.8. The average molecular weight is 512 g/mol. The van der Waals surface area contributed by atoms with Gasteiger partial charge in [0.25, 0.3) is 5.91 Å². The van der Waals surface area contributed by atoms with Crippen LogP contribution in [0.2, 0.25) is 15.1 Å². The lowest BCUT2D eigenvalue weighted by molar-refractivity contribution is 0.0736. The Morgan fingerprint density at radius 3 is 2.62 bits per heavy atom. The largest absolute Gasteiger partial charge is 0.459 e. The summed E-state index contributed by atoms with van der Waals surface area (Å²) in [7, 11) is 0. The van der Waals surface area contributed by atoms with Gasteiger partial charge in [0.15, 0.2) is 0 Å². The van der Waals surface area contributed by atoms with Crippen LogP contribution in [0, 0.1) is 6.92 Å². The molecule has 4 nitrogen and oxygen atoms in total. The van der Waals surface area contributed by atoms with E-state index in [1.54, 1.807) is 23.2 Å². The molecule has 1 N–H and O–H groups in total. The fraction of sp³-hybridized carbons (Fsp3) is 0.148. The minimum atomic E-state index is -0.133. The summed E-state index contributed by atoms with van der Waals surface area (Å²) in [6.07, 6.45) is 2.41. The van der Waals surface area contributed by atoms with E-state index in [9.17, 15) is 4.79 Å². The van der Waals surface area contributed by atoms with Crippen molar-refractivity contribution in [3.8, 4) is 0 Å². The Kier molecular flexibility index (Phi) is 6.30. The van der Waals surface area contributed by atoms with Crippen LogP contribution in [0.15, 0.2) is 71.3 Å². The Hall–Kier alpha value is -2.92. The molecular formula is C27H21Cl3N2O2. The third-order valence-electron chi connectivity index (χ3n) is 5.87. The van der Waals surface area contributed by atoms with Gasteiger partial charge in [0.2, 0.25) is 0 Å². The van der Waals surface area contributed by atoms with E-state index >= 15 is 0 Å². The van der Waals surface area contributed by atoms with Gasteiger partial charge < -0.3 is 14.3 Å². The second-order valence-electron chi connectivity index (χ2n) is 8.37. The number of hydrogen-bond acceptors (Lipinski definition) is 2. The van der Waals surface area contributed by atoms with Crippen LogP contribution in [0.25, 0.3) is 21.9 Å². The lowest BCUT2D eigenvalue weighted by atomic mass is 10.1. The van der Waals surface area contributed by atoms with Crippen molar-refractivity contribution in [3.63, 3.8) is 0 Å². The third kappa shape index (κ3) is 4.67. The van der Waals surface area contributed by atoms with Crippen molar-refractivity contribution < 1.29 is 9.21 Å². The Balaban J connectivity index is 1.48. The van der Waals surface area contributed by atoms with E-state index < -0.39 is 0 Å². The van der Waals surface area contributed by atoms with E-state index in [0.717, 1.165) is 33.0 Å². The standard InChI is InChI=1S/C27H21Cl3N2O2/c1-16-2-4-18-13-21(34-25(18)10-16)15-32(9-7-17-3-5-23(29)24(30)11-17)27(33)22-14-20(28)12-19-6-8-31-26(19)22/h2-6,8,10-14,31H,7,9,15H2,1H3. The topological polar surface area (TPSA) is 49.2 Å². The van der Waals surface area contributed by atoms with Crippen molar-refractivity contribution >= 4 is 62.6 Å². The minimum Gasteiger partial charge on any atom is -0.459 e. The second kappa shape index (κ2) is 9.38. The Morgan fingerprint density at radius 1 is 0.941 bits per heavy atom. The lowest BCUT2D eigenvalue weighted by Gasteiger charge is -2.22. The first-order chi connectivity index (χ1) is 16.4. The Bertz CT molecular complexity index is 1520. The molecule has 0 aliphatic rings. The zero-order valence-electron chi connectivity index (χ0n) is 18.4. The molecule has 0 fully saturated rings. The monoisotopic (exact) mass is 510 g/mol. The summed E-state index contributed by atoms with van der Waals surface area (Å²) < 4.78 is 6.08. The fourth-order valence-electron chi connectivity index (χ4n) is 4.15. The number of aryl methyl sites for hydroxylation is 1. The van der Waals surface area contributed by atoms with Crippen molar-refractivity contribution in [2.75, 3.05) is 6.54 Å². The predicted octanol–water partition coefficient (Wildman–Crippen LogP) is 8.07. The Labute approximate surface area is 212 Å². The van der Waals surface area contributed by atoms with Crippen molar-refractivity contribution in [3.05, 3.63) is 104 Å². The summed E-state index contributed by atoms with van der Waals surface area (Å²) in [5, 5.41) is 3.40. The molecule has 34 heavy (non-hydrogen) atoms. The number of benzene rings is 3. The highest BCUT2D eigenvalue weighted by Gasteiger charge is 2.21. The van der Waals surface area contributed by atoms with Gasteiger partial charge in [-0.25, -0.2) is 0 Å². The van der Waals surface area contributed by atoms with Gasteiger partial charge in [-0.2, -0.15) is 0 Å². The zero-order chi connectivity index (χ0) is 23.8. The van der Waals surface area contributed by atoms with Gasteiger partial charge in [-0.15, -0.1) is 0 Å². The van der Waals surface area contributed by atoms with Gasteiger partial charge >= 0.3 is 0 Å². The molecule has 3 aromatic carbocycles. The predicted molar refractivity (Wildman–Crippen MR) is 139 cm³/mol. The number of nitrogens with zero attached hydrogens (tertiary/aromatic N) is 1. The molecule has 0 saturated carbocycles. The molecular weight excluding hydrogens is 491 g/mol. The molecule has 0 saturated heterocycles. The van der Waals surface area contributed by atoms with Gasteiger partial charge in [-0.05, 0) is 66.9 Å². The van der Waals surface area contributed by atoms with Crippen LogP contribution in [0.1, 0.15) is 27.2 Å². The van der Waals surface area contributed by atoms with Crippen LogP contribution in [-0.2, 0) is 13.0 Å². The first kappa shape index (κ1) is 22.9. The number of rotatable bonds is 6. The molecule has 0 spiro atoms. The summed E-state index contributed by atoms with van der Waals surface area (Å²) in [6.45, 7) is 2.81. The summed E-state index contributed by atoms with van der Waals surface area (Å²) in [4.78, 5) is 18.7. The average Bonchev–Trinajstić information content (AvgIpc) is 3.43. The van der Waals surface area contributed by atoms with Crippen LogP contribution >= 0.6 is 34.8 Å². The number of aromatic amines is 1. The number of carbonyl (C=O) groups is 1. The quantitative estimate of drug-likeness (QED) is 0.250. The number of H-pyrrole nitrogens is 1. The number of amides is 1. The van der Waals surface area contributed by atoms with Gasteiger partial charge in [0.05, 0.1) is 27.7 Å². The SMILES string of the molecule is Cc1ccc2cc(CN(CCc3ccc(Cl)c(Cl)c3)C(=O)c3cc(Cl)cc4cc[nH]c34)oc2c1. The molecule has 7 heteroatoms. The number of hydrogen-bond donors (Lipinski definition) is 1. The highest BCUT2D eigenvalue weighted by Crippen LogP contribution is 2.27. The van der Waals surface area contributed by atoms with Crippen LogP contribution in [0.3, 0.4) is 0 Å². The van der Waals surface area contributed by atoms with Crippen molar-refractivity contribution in [1.82, 2.24) is 9.88 Å². The zero-order valence-corrected chi connectivity index (χ0v) is 20.6. The van der Waals surface area contributed by atoms with Crippen LogP contribution < -0.4 is 0 Å². The highest BCUT2D eigenvalue weighted by molar-refractivity contribution is 6.42. The molecule has 0 atom stereocenters. The van der Waals surface area contributed by atoms with E-state index in [1.807, 2.05) is 55.5 Å². The molecule has 5 rings (SSSR count). The number of carbonyl (C=O) groups excluding carboxylic acids is 1. The van der Waals surface area contributed by atoms with Crippen molar-refractivity contribution in [2.24, 2.45) is 0 Å². The van der Waals surface area contributed by atoms with E-state index in [0.29, 0.717) is 45.9 Å². The molecule has 1 amide bonds. The lowest BCUT2D eigenvalue weighted by Crippen LogP contribution is -2.32. The molecule has 0 bridgehead atoms. The third-order valence-corrected chi connectivity index (χ3v) is 6.83. The molecule has 0 aliphatic heterocycles. The molecule has 2 heterocycles. The molecule has 0 radical (unpaired) electrons. The van der Waals surface area contributed by atoms with Crippen LogP contribution in [-0.4, -0.2) is 22.3 Å². The normalized spacial score (nSPS) is 11.4. The van der Waals surface area contributed by atoms with Gasteiger partial charge in [0.1, 0.15) is 11.3 Å². The van der Waals surface area contributed by atoms with E-state index in [1.165, 1.54) is 0 Å². The smallest absolute Gasteiger partial charge is 0.256 e. The number of furan rings is 1. The molecule has 0 aliphatic carbocycles. The maximum Gasteiger partial charge on any atom is 0.256 e. The summed E-state index contributed by atoms with van der Waals surface area (Å²) in [5.41, 5.74) is 4.20. The van der Waals surface area contributed by atoms with Gasteiger partial charge in [0, 0.05) is 28.5 Å². The first-order valence-electron chi connectivity index (χ1n) is 10.9. The van der Waals surface area contributed by atoms with Crippen LogP contribution in [0.5, 0.6) is 0 Å². The van der Waals surface area contributed by atoms with Crippen molar-refractivity contribution in [1.29, 1.82) is 0 Å². The first-order valence-corrected chi connectivity index (χ1v) is 12.0. The minimum absolute atomic E-state index is 0.133. The van der Waals surface area contributed by atoms with E-state index in [-0.39, 0.29) is 5.91 Å². The van der Waals surface area contributed by atoms with E-state index in [4.69, 9.17) is 39.2 Å². The Morgan fingerprint density at radius 2 is 1.79 bits per heavy atom. The van der Waals surface area contributed by atoms with Crippen LogP contribution in [0.4, 0.5) is 0 Å². The number of halogens is 3. The highest BCUT2D eigenvalue weighted by atomic mass is 35.5. The fourth-order valence-corrected chi connectivity index (χ4v) is 4.69. The molecule has 0 unspecified atom stereocenters. The van der Waals surface area contributed by atoms with E-state index in [2.05, 4.69) is 4.98 Å². The summed E-state index contributed by atoms with van der Waals surface area (Å²) in [6, 6.07) is 19.0. The number of nitrogens with one attached hydrogen (secondary N) is 1. The molecule has 172 valence electrons. The molecule has 5 aromatic rings. The summed E-state index contributed by atoms with van der Waals surface area (Å²) in [5.74, 6) is 0.583. The summed E-state index contributed by atoms with van der Waals surface area (Å²) >= 11 is 18.6. The van der Waals surface area contributed by atoms with Crippen molar-refractivity contribution in [2.45, 2.75) is 19.9 Å². The number of aromatic nitrogens is 1. The molecule has 2 aromatic heterocycles. The van der Waals surface area contributed by atoms with Gasteiger partial charge in [-0.3, -0.25) is 4.79 Å². The van der Waals surface area contributed by atoms with Gasteiger partial charge in [-0.1, -0.05) is 53.0 Å². The maximum absolute atomic E-state index is 13.8.